The van der Waals surface area contributed by atoms with Crippen LogP contribution in [0, 0.1) is 25.0 Å². The third-order valence-electron chi connectivity index (χ3n) is 1.85. The highest BCUT2D eigenvalue weighted by Gasteiger charge is 2.21. The van der Waals surface area contributed by atoms with Gasteiger partial charge < -0.3 is 0 Å². The highest BCUT2D eigenvalue weighted by atomic mass is 127. The zero-order chi connectivity index (χ0) is 12.3. The summed E-state index contributed by atoms with van der Waals surface area (Å²) in [5, 5.41) is 19.6. The number of carbonyl (C=O) groups excluding carboxylic acids is 1. The fourth-order valence-electron chi connectivity index (χ4n) is 1.11. The lowest BCUT2D eigenvalue weighted by Gasteiger charge is -2.03. The van der Waals surface area contributed by atoms with Crippen molar-refractivity contribution < 1.29 is 9.72 Å². The van der Waals surface area contributed by atoms with Gasteiger partial charge in [0.05, 0.1) is 10.3 Å². The highest BCUT2D eigenvalue weighted by molar-refractivity contribution is 14.1. The summed E-state index contributed by atoms with van der Waals surface area (Å²) in [4.78, 5) is 21.5. The summed E-state index contributed by atoms with van der Waals surface area (Å²) >= 11 is 4.78. The van der Waals surface area contributed by atoms with Crippen LogP contribution >= 0.6 is 38.5 Å². The molecule has 0 aliphatic carbocycles. The van der Waals surface area contributed by atoms with Crippen LogP contribution in [0.3, 0.4) is 0 Å². The SMILES string of the molecule is N#Cc1c([N+](=O)[O-])ccc(C(=O)CBr)c1I. The van der Waals surface area contributed by atoms with E-state index in [1.54, 1.807) is 28.7 Å². The second-order valence-electron chi connectivity index (χ2n) is 2.75. The molecule has 0 amide bonds. The van der Waals surface area contributed by atoms with Gasteiger partial charge in [-0.05, 0) is 28.7 Å². The number of rotatable bonds is 3. The molecule has 1 rings (SSSR count). The lowest BCUT2D eigenvalue weighted by molar-refractivity contribution is -0.385. The summed E-state index contributed by atoms with van der Waals surface area (Å²) in [6.45, 7) is 0. The van der Waals surface area contributed by atoms with Crippen molar-refractivity contribution in [3.63, 3.8) is 0 Å². The molecule has 5 nitrogen and oxygen atoms in total. The Morgan fingerprint density at radius 3 is 2.69 bits per heavy atom. The van der Waals surface area contributed by atoms with E-state index in [-0.39, 0.29) is 22.4 Å². The van der Waals surface area contributed by atoms with E-state index in [1.807, 2.05) is 0 Å². The number of Topliss-reactive ketones (excluding diaryl/α,β-unsaturated/α-hetero) is 1. The summed E-state index contributed by atoms with van der Waals surface area (Å²) in [6, 6.07) is 4.29. The van der Waals surface area contributed by atoms with E-state index in [1.165, 1.54) is 12.1 Å². The second kappa shape index (κ2) is 5.36. The number of hydrogen-bond acceptors (Lipinski definition) is 4. The van der Waals surface area contributed by atoms with Crippen LogP contribution in [0.15, 0.2) is 12.1 Å². The Bertz CT molecular complexity index is 510. The summed E-state index contributed by atoms with van der Waals surface area (Å²) < 4.78 is 0.318. The van der Waals surface area contributed by atoms with Gasteiger partial charge in [-0.15, -0.1) is 0 Å². The minimum atomic E-state index is -0.636. The molecule has 0 heterocycles. The first kappa shape index (κ1) is 13.1. The maximum Gasteiger partial charge on any atom is 0.288 e. The Kier molecular flexibility index (Phi) is 4.37. The maximum atomic E-state index is 11.5. The van der Waals surface area contributed by atoms with E-state index in [4.69, 9.17) is 5.26 Å². The molecule has 16 heavy (non-hydrogen) atoms. The quantitative estimate of drug-likeness (QED) is 0.259. The van der Waals surface area contributed by atoms with Gasteiger partial charge in [0.15, 0.2) is 5.78 Å². The minimum Gasteiger partial charge on any atom is -0.293 e. The van der Waals surface area contributed by atoms with Crippen LogP contribution in [0.2, 0.25) is 0 Å². The number of nitro benzene ring substituents is 1. The van der Waals surface area contributed by atoms with E-state index in [9.17, 15) is 14.9 Å². The van der Waals surface area contributed by atoms with Crippen molar-refractivity contribution in [2.24, 2.45) is 0 Å². The third-order valence-corrected chi connectivity index (χ3v) is 3.48. The van der Waals surface area contributed by atoms with Gasteiger partial charge in [-0.25, -0.2) is 0 Å². The largest absolute Gasteiger partial charge is 0.293 e. The summed E-state index contributed by atoms with van der Waals surface area (Å²) in [6.07, 6.45) is 0. The molecule has 0 aromatic heterocycles. The number of benzene rings is 1. The molecule has 0 spiro atoms. The fourth-order valence-corrected chi connectivity index (χ4v) is 2.29. The van der Waals surface area contributed by atoms with Crippen molar-refractivity contribution in [3.05, 3.63) is 36.9 Å². The standard InChI is InChI=1S/C9H4BrIN2O3/c10-3-8(14)5-1-2-7(13(15)16)6(4-12)9(5)11/h1-2H,3H2. The molecular formula is C9H4BrIN2O3. The van der Waals surface area contributed by atoms with E-state index in [0.29, 0.717) is 9.13 Å². The Labute approximate surface area is 113 Å². The summed E-state index contributed by atoms with van der Waals surface area (Å²) in [7, 11) is 0. The highest BCUT2D eigenvalue weighted by Crippen LogP contribution is 2.26. The number of carbonyl (C=O) groups is 1. The molecule has 0 saturated heterocycles. The molecule has 82 valence electrons. The number of hydrogen-bond donors (Lipinski definition) is 0. The van der Waals surface area contributed by atoms with E-state index in [2.05, 4.69) is 15.9 Å². The zero-order valence-electron chi connectivity index (χ0n) is 7.74. The molecule has 0 radical (unpaired) electrons. The maximum absolute atomic E-state index is 11.5. The van der Waals surface area contributed by atoms with Crippen LogP contribution in [0.5, 0.6) is 0 Å². The van der Waals surface area contributed by atoms with Gasteiger partial charge in [-0.1, -0.05) is 15.9 Å². The first-order chi connectivity index (χ1) is 7.52. The normalized spacial score (nSPS) is 9.56. The number of alkyl halides is 1. The van der Waals surface area contributed by atoms with Gasteiger partial charge >= 0.3 is 0 Å². The fraction of sp³-hybridized carbons (Fsp3) is 0.111. The molecular weight excluding hydrogens is 391 g/mol. The second-order valence-corrected chi connectivity index (χ2v) is 4.39. The lowest BCUT2D eigenvalue weighted by Crippen LogP contribution is -2.06. The van der Waals surface area contributed by atoms with E-state index >= 15 is 0 Å². The van der Waals surface area contributed by atoms with Gasteiger partial charge in [0, 0.05) is 15.2 Å². The van der Waals surface area contributed by atoms with Crippen LogP contribution in [0.4, 0.5) is 5.69 Å². The van der Waals surface area contributed by atoms with Crippen LogP contribution in [0.25, 0.3) is 0 Å². The van der Waals surface area contributed by atoms with Crippen LogP contribution < -0.4 is 0 Å². The van der Waals surface area contributed by atoms with Crippen LogP contribution in [-0.2, 0) is 0 Å². The molecule has 0 saturated carbocycles. The number of halogens is 2. The molecule has 0 N–H and O–H groups in total. The smallest absolute Gasteiger partial charge is 0.288 e. The molecule has 7 heteroatoms. The molecule has 0 aliphatic heterocycles. The number of nitriles is 1. The first-order valence-corrected chi connectivity index (χ1v) is 6.19. The number of nitrogens with zero attached hydrogens (tertiary/aromatic N) is 2. The van der Waals surface area contributed by atoms with Crippen molar-refractivity contribution in [3.8, 4) is 6.07 Å². The van der Waals surface area contributed by atoms with E-state index in [0.717, 1.165) is 0 Å². The Hall–Kier alpha value is -1.01. The monoisotopic (exact) mass is 394 g/mol. The molecule has 0 bridgehead atoms. The van der Waals surface area contributed by atoms with E-state index < -0.39 is 4.92 Å². The molecule has 1 aromatic carbocycles. The van der Waals surface area contributed by atoms with Crippen molar-refractivity contribution in [1.29, 1.82) is 5.26 Å². The van der Waals surface area contributed by atoms with Crippen LogP contribution in [-0.4, -0.2) is 16.0 Å². The van der Waals surface area contributed by atoms with Gasteiger partial charge in [-0.2, -0.15) is 5.26 Å². The molecule has 0 fully saturated rings. The van der Waals surface area contributed by atoms with Gasteiger partial charge in [0.2, 0.25) is 0 Å². The Balaban J connectivity index is 3.48. The third kappa shape index (κ3) is 2.38. The van der Waals surface area contributed by atoms with Gasteiger partial charge in [-0.3, -0.25) is 14.9 Å². The minimum absolute atomic E-state index is 0.0719. The average molecular weight is 395 g/mol. The van der Waals surface area contributed by atoms with Gasteiger partial charge in [0.25, 0.3) is 5.69 Å². The molecule has 0 atom stereocenters. The van der Waals surface area contributed by atoms with Crippen molar-refractivity contribution in [2.45, 2.75) is 0 Å². The number of nitro groups is 1. The Morgan fingerprint density at radius 1 is 1.62 bits per heavy atom. The van der Waals surface area contributed by atoms with Crippen molar-refractivity contribution in [1.82, 2.24) is 0 Å². The predicted molar refractivity (Wildman–Crippen MR) is 68.7 cm³/mol. The molecule has 0 aliphatic rings. The number of ketones is 1. The molecule has 0 unspecified atom stereocenters. The molecule has 1 aromatic rings. The lowest BCUT2D eigenvalue weighted by atomic mass is 10.1. The predicted octanol–water partition coefficient (Wildman–Crippen LogP) is 2.65. The summed E-state index contributed by atoms with van der Waals surface area (Å²) in [5.41, 5.74) is -0.0324. The zero-order valence-corrected chi connectivity index (χ0v) is 11.5. The average Bonchev–Trinajstić information content (AvgIpc) is 2.27. The Morgan fingerprint density at radius 2 is 2.25 bits per heavy atom. The van der Waals surface area contributed by atoms with Crippen molar-refractivity contribution in [2.75, 3.05) is 5.33 Å². The van der Waals surface area contributed by atoms with Gasteiger partial charge in [0.1, 0.15) is 11.6 Å². The first-order valence-electron chi connectivity index (χ1n) is 3.99. The summed E-state index contributed by atoms with van der Waals surface area (Å²) in [5.74, 6) is -0.212. The van der Waals surface area contributed by atoms with Crippen LogP contribution in [0.1, 0.15) is 15.9 Å². The topological polar surface area (TPSA) is 84.0 Å². The van der Waals surface area contributed by atoms with Crippen molar-refractivity contribution >= 4 is 50.0 Å².